The van der Waals surface area contributed by atoms with Crippen LogP contribution in [0.3, 0.4) is 0 Å². The number of sulfonamides is 1. The fourth-order valence-corrected chi connectivity index (χ4v) is 4.08. The SMILES string of the molecule is CC(C)COc1ccc(S(=O)(=O)N2CCCC(C)C2)cc1. The lowest BCUT2D eigenvalue weighted by Crippen LogP contribution is -2.39. The summed E-state index contributed by atoms with van der Waals surface area (Å²) in [6.45, 7) is 8.14. The summed E-state index contributed by atoms with van der Waals surface area (Å²) in [7, 11) is -3.37. The largest absolute Gasteiger partial charge is 0.493 e. The minimum Gasteiger partial charge on any atom is -0.493 e. The number of rotatable bonds is 5. The molecule has 1 aliphatic heterocycles. The van der Waals surface area contributed by atoms with E-state index in [1.807, 2.05) is 0 Å². The van der Waals surface area contributed by atoms with Crippen LogP contribution in [0.2, 0.25) is 0 Å². The van der Waals surface area contributed by atoms with Crippen molar-refractivity contribution in [2.75, 3.05) is 19.7 Å². The second-order valence-electron chi connectivity index (χ2n) is 6.29. The van der Waals surface area contributed by atoms with Gasteiger partial charge in [-0.05, 0) is 48.9 Å². The molecule has 2 rings (SSSR count). The molecule has 21 heavy (non-hydrogen) atoms. The summed E-state index contributed by atoms with van der Waals surface area (Å²) in [6.07, 6.45) is 2.05. The fraction of sp³-hybridized carbons (Fsp3) is 0.625. The molecule has 1 aliphatic rings. The average molecular weight is 311 g/mol. The van der Waals surface area contributed by atoms with Gasteiger partial charge in [0.15, 0.2) is 0 Å². The highest BCUT2D eigenvalue weighted by Gasteiger charge is 2.28. The number of benzene rings is 1. The van der Waals surface area contributed by atoms with Crippen molar-refractivity contribution in [2.24, 2.45) is 11.8 Å². The predicted octanol–water partition coefficient (Wildman–Crippen LogP) is 3.14. The molecule has 1 unspecified atom stereocenters. The van der Waals surface area contributed by atoms with Crippen LogP contribution in [-0.4, -0.2) is 32.4 Å². The Morgan fingerprint density at radius 1 is 1.29 bits per heavy atom. The summed E-state index contributed by atoms with van der Waals surface area (Å²) in [4.78, 5) is 0.355. The van der Waals surface area contributed by atoms with Crippen LogP contribution in [-0.2, 0) is 10.0 Å². The summed E-state index contributed by atoms with van der Waals surface area (Å²) in [5, 5.41) is 0. The van der Waals surface area contributed by atoms with E-state index >= 15 is 0 Å². The molecule has 1 aromatic carbocycles. The van der Waals surface area contributed by atoms with Crippen LogP contribution in [0.1, 0.15) is 33.6 Å². The summed E-state index contributed by atoms with van der Waals surface area (Å²) >= 11 is 0. The van der Waals surface area contributed by atoms with Crippen LogP contribution in [0, 0.1) is 11.8 Å². The van der Waals surface area contributed by atoms with Gasteiger partial charge in [-0.2, -0.15) is 4.31 Å². The fourth-order valence-electron chi connectivity index (χ4n) is 2.48. The van der Waals surface area contributed by atoms with Crippen molar-refractivity contribution < 1.29 is 13.2 Å². The van der Waals surface area contributed by atoms with E-state index in [0.29, 0.717) is 36.4 Å². The van der Waals surface area contributed by atoms with E-state index in [1.165, 1.54) is 0 Å². The summed E-state index contributed by atoms with van der Waals surface area (Å²) < 4.78 is 32.4. The molecule has 0 N–H and O–H groups in total. The molecule has 1 fully saturated rings. The van der Waals surface area contributed by atoms with Crippen molar-refractivity contribution in [3.05, 3.63) is 24.3 Å². The molecule has 0 amide bonds. The van der Waals surface area contributed by atoms with Gasteiger partial charge in [-0.15, -0.1) is 0 Å². The Morgan fingerprint density at radius 2 is 1.95 bits per heavy atom. The van der Waals surface area contributed by atoms with E-state index in [-0.39, 0.29) is 0 Å². The van der Waals surface area contributed by atoms with Gasteiger partial charge in [0, 0.05) is 13.1 Å². The lowest BCUT2D eigenvalue weighted by molar-refractivity contribution is 0.270. The van der Waals surface area contributed by atoms with Gasteiger partial charge in [-0.1, -0.05) is 20.8 Å². The molecule has 118 valence electrons. The molecule has 4 nitrogen and oxygen atoms in total. The van der Waals surface area contributed by atoms with Crippen LogP contribution >= 0.6 is 0 Å². The third-order valence-corrected chi connectivity index (χ3v) is 5.54. The summed E-state index contributed by atoms with van der Waals surface area (Å²) in [5.41, 5.74) is 0. The van der Waals surface area contributed by atoms with Gasteiger partial charge in [-0.25, -0.2) is 8.42 Å². The standard InChI is InChI=1S/C16H25NO3S/c1-13(2)12-20-15-6-8-16(9-7-15)21(18,19)17-10-4-5-14(3)11-17/h6-9,13-14H,4-5,10-12H2,1-3H3. The van der Waals surface area contributed by atoms with E-state index < -0.39 is 10.0 Å². The van der Waals surface area contributed by atoms with Crippen LogP contribution in [0.5, 0.6) is 5.75 Å². The third kappa shape index (κ3) is 4.20. The monoisotopic (exact) mass is 311 g/mol. The van der Waals surface area contributed by atoms with E-state index in [9.17, 15) is 8.42 Å². The second-order valence-corrected chi connectivity index (χ2v) is 8.22. The topological polar surface area (TPSA) is 46.6 Å². The highest BCUT2D eigenvalue weighted by Crippen LogP contribution is 2.24. The number of nitrogens with zero attached hydrogens (tertiary/aromatic N) is 1. The maximum absolute atomic E-state index is 12.6. The number of hydrogen-bond acceptors (Lipinski definition) is 3. The Hall–Kier alpha value is -1.07. The summed E-state index contributed by atoms with van der Waals surface area (Å²) in [6, 6.07) is 6.76. The predicted molar refractivity (Wildman–Crippen MR) is 83.9 cm³/mol. The highest BCUT2D eigenvalue weighted by molar-refractivity contribution is 7.89. The van der Waals surface area contributed by atoms with Crippen LogP contribution in [0.15, 0.2) is 29.2 Å². The van der Waals surface area contributed by atoms with Gasteiger partial charge in [0.2, 0.25) is 10.0 Å². The molecule has 1 atom stereocenters. The zero-order valence-electron chi connectivity index (χ0n) is 13.1. The molecular formula is C16H25NO3S. The molecule has 0 aliphatic carbocycles. The van der Waals surface area contributed by atoms with Gasteiger partial charge in [-0.3, -0.25) is 0 Å². The highest BCUT2D eigenvalue weighted by atomic mass is 32.2. The number of hydrogen-bond donors (Lipinski definition) is 0. The Bertz CT molecular complexity index is 551. The molecule has 0 spiro atoms. The van der Waals surface area contributed by atoms with Crippen molar-refractivity contribution in [3.63, 3.8) is 0 Å². The van der Waals surface area contributed by atoms with Gasteiger partial charge in [0.25, 0.3) is 0 Å². The molecule has 0 saturated carbocycles. The Labute approximate surface area is 128 Å². The zero-order chi connectivity index (χ0) is 15.5. The maximum Gasteiger partial charge on any atom is 0.243 e. The first-order valence-corrected chi connectivity index (χ1v) is 9.06. The van der Waals surface area contributed by atoms with Crippen molar-refractivity contribution in [1.29, 1.82) is 0 Å². The molecule has 5 heteroatoms. The van der Waals surface area contributed by atoms with Gasteiger partial charge in [0.05, 0.1) is 11.5 Å². The lowest BCUT2D eigenvalue weighted by Gasteiger charge is -2.30. The quantitative estimate of drug-likeness (QED) is 0.839. The first kappa shape index (κ1) is 16.3. The van der Waals surface area contributed by atoms with Crippen LogP contribution in [0.4, 0.5) is 0 Å². The Kier molecular flexibility index (Phi) is 5.27. The minimum absolute atomic E-state index is 0.355. The Morgan fingerprint density at radius 3 is 2.52 bits per heavy atom. The minimum atomic E-state index is -3.37. The Balaban J connectivity index is 2.09. The normalized spacial score (nSPS) is 20.7. The first-order valence-electron chi connectivity index (χ1n) is 7.62. The van der Waals surface area contributed by atoms with E-state index in [4.69, 9.17) is 4.74 Å². The van der Waals surface area contributed by atoms with Gasteiger partial charge < -0.3 is 4.74 Å². The lowest BCUT2D eigenvalue weighted by atomic mass is 10.0. The van der Waals surface area contributed by atoms with E-state index in [2.05, 4.69) is 20.8 Å². The zero-order valence-corrected chi connectivity index (χ0v) is 13.9. The van der Waals surface area contributed by atoms with Gasteiger partial charge in [0.1, 0.15) is 5.75 Å². The third-order valence-electron chi connectivity index (χ3n) is 3.66. The second kappa shape index (κ2) is 6.79. The first-order chi connectivity index (χ1) is 9.89. The van der Waals surface area contributed by atoms with Crippen LogP contribution < -0.4 is 4.74 Å². The molecule has 0 radical (unpaired) electrons. The van der Waals surface area contributed by atoms with E-state index in [1.54, 1.807) is 28.6 Å². The number of ether oxygens (including phenoxy) is 1. The molecule has 1 saturated heterocycles. The molecule has 0 bridgehead atoms. The smallest absolute Gasteiger partial charge is 0.243 e. The van der Waals surface area contributed by atoms with Crippen molar-refractivity contribution in [2.45, 2.75) is 38.5 Å². The van der Waals surface area contributed by atoms with Crippen molar-refractivity contribution in [3.8, 4) is 5.75 Å². The molecule has 1 heterocycles. The average Bonchev–Trinajstić information content (AvgIpc) is 2.45. The maximum atomic E-state index is 12.6. The summed E-state index contributed by atoms with van der Waals surface area (Å²) in [5.74, 6) is 1.60. The molecule has 0 aromatic heterocycles. The van der Waals surface area contributed by atoms with Crippen molar-refractivity contribution >= 4 is 10.0 Å². The molecule has 1 aromatic rings. The van der Waals surface area contributed by atoms with Crippen LogP contribution in [0.25, 0.3) is 0 Å². The number of piperidine rings is 1. The van der Waals surface area contributed by atoms with Crippen molar-refractivity contribution in [1.82, 2.24) is 4.31 Å². The molecular weight excluding hydrogens is 286 g/mol. The van der Waals surface area contributed by atoms with Gasteiger partial charge >= 0.3 is 0 Å². The van der Waals surface area contributed by atoms with E-state index in [0.717, 1.165) is 18.6 Å².